The summed E-state index contributed by atoms with van der Waals surface area (Å²) in [6, 6.07) is 0.577. The van der Waals surface area contributed by atoms with Gasteiger partial charge in [0.2, 0.25) is 5.95 Å². The number of aryl methyl sites for hydroxylation is 2. The van der Waals surface area contributed by atoms with Gasteiger partial charge < -0.3 is 10.6 Å². The third-order valence-electron chi connectivity index (χ3n) is 4.18. The van der Waals surface area contributed by atoms with Gasteiger partial charge in [-0.3, -0.25) is 9.25 Å². The first-order chi connectivity index (χ1) is 9.49. The molecule has 0 aliphatic carbocycles. The first kappa shape index (κ1) is 14.8. The second-order valence-electron chi connectivity index (χ2n) is 5.46. The molecule has 6 heteroatoms. The van der Waals surface area contributed by atoms with Gasteiger partial charge in [0.1, 0.15) is 5.52 Å². The van der Waals surface area contributed by atoms with E-state index in [2.05, 4.69) is 47.4 Å². The molecular weight excluding hydrogens is 252 g/mol. The monoisotopic (exact) mass is 278 g/mol. The summed E-state index contributed by atoms with van der Waals surface area (Å²) in [6.45, 7) is 8.34. The van der Waals surface area contributed by atoms with Crippen LogP contribution in [0.2, 0.25) is 0 Å². The molecule has 2 aromatic rings. The van der Waals surface area contributed by atoms with E-state index in [0.29, 0.717) is 12.0 Å². The normalized spacial score (nSPS) is 13.5. The fourth-order valence-corrected chi connectivity index (χ4v) is 2.51. The van der Waals surface area contributed by atoms with Gasteiger partial charge in [0, 0.05) is 26.2 Å². The Hall–Kier alpha value is -1.56. The molecule has 2 rings (SSSR count). The summed E-state index contributed by atoms with van der Waals surface area (Å²) in [6.07, 6.45) is 2.03. The third kappa shape index (κ3) is 2.52. The molecule has 0 aliphatic heterocycles. The van der Waals surface area contributed by atoms with Crippen LogP contribution in [0.5, 0.6) is 0 Å². The van der Waals surface area contributed by atoms with Crippen LogP contribution >= 0.6 is 0 Å². The van der Waals surface area contributed by atoms with E-state index >= 15 is 0 Å². The van der Waals surface area contributed by atoms with Crippen LogP contribution < -0.4 is 5.73 Å². The lowest BCUT2D eigenvalue weighted by atomic mass is 10.2. The van der Waals surface area contributed by atoms with Crippen molar-refractivity contribution in [2.24, 2.45) is 7.05 Å². The zero-order valence-corrected chi connectivity index (χ0v) is 13.2. The number of anilines is 1. The molecule has 0 aromatic carbocycles. The van der Waals surface area contributed by atoms with Gasteiger partial charge in [0.15, 0.2) is 5.65 Å². The Labute approximate surface area is 120 Å². The van der Waals surface area contributed by atoms with Crippen LogP contribution in [0.25, 0.3) is 11.2 Å². The Bertz CT molecular complexity index is 582. The number of hydrogen-bond acceptors (Lipinski definition) is 4. The summed E-state index contributed by atoms with van der Waals surface area (Å²) in [5, 5.41) is 4.51. The largest absolute Gasteiger partial charge is 0.369 e. The molecule has 0 amide bonds. The van der Waals surface area contributed by atoms with Crippen molar-refractivity contribution in [3.8, 4) is 0 Å². The highest BCUT2D eigenvalue weighted by atomic mass is 15.4. The molecule has 0 fully saturated rings. The minimum Gasteiger partial charge on any atom is -0.369 e. The number of nitrogen functional groups attached to an aromatic ring is 1. The fourth-order valence-electron chi connectivity index (χ4n) is 2.51. The van der Waals surface area contributed by atoms with Crippen molar-refractivity contribution in [3.05, 3.63) is 5.69 Å². The molecule has 0 spiro atoms. The van der Waals surface area contributed by atoms with Crippen molar-refractivity contribution >= 4 is 17.1 Å². The van der Waals surface area contributed by atoms with Crippen molar-refractivity contribution in [3.63, 3.8) is 0 Å². The number of likely N-dealkylation sites (N-methyl/N-ethyl adjacent to an activating group) is 1. The van der Waals surface area contributed by atoms with E-state index < -0.39 is 0 Å². The van der Waals surface area contributed by atoms with Crippen molar-refractivity contribution in [1.29, 1.82) is 0 Å². The number of rotatable bonds is 6. The summed E-state index contributed by atoms with van der Waals surface area (Å²) < 4.78 is 3.96. The van der Waals surface area contributed by atoms with Gasteiger partial charge in [0.05, 0.1) is 5.69 Å². The number of aromatic nitrogens is 4. The van der Waals surface area contributed by atoms with Crippen LogP contribution in [0.1, 0.15) is 32.9 Å². The summed E-state index contributed by atoms with van der Waals surface area (Å²) in [5.41, 5.74) is 9.06. The van der Waals surface area contributed by atoms with Gasteiger partial charge >= 0.3 is 0 Å². The lowest BCUT2D eigenvalue weighted by molar-refractivity contribution is 0.243. The molecule has 0 bridgehead atoms. The third-order valence-corrected chi connectivity index (χ3v) is 4.18. The molecule has 1 atom stereocenters. The average Bonchev–Trinajstić information content (AvgIpc) is 2.92. The predicted molar refractivity (Wildman–Crippen MR) is 82.7 cm³/mol. The predicted octanol–water partition coefficient (Wildman–Crippen LogP) is 1.64. The first-order valence-electron chi connectivity index (χ1n) is 7.37. The number of nitrogens with zero attached hydrogens (tertiary/aromatic N) is 5. The minimum absolute atomic E-state index is 0.577. The van der Waals surface area contributed by atoms with E-state index in [1.807, 2.05) is 11.7 Å². The first-order valence-corrected chi connectivity index (χ1v) is 7.37. The molecule has 0 saturated carbocycles. The SMILES string of the molecule is CCc1nn(C)c2c1nc(N)n2CCN(C)C(C)CC. The molecule has 2 aromatic heterocycles. The minimum atomic E-state index is 0.577. The summed E-state index contributed by atoms with van der Waals surface area (Å²) in [4.78, 5) is 6.84. The van der Waals surface area contributed by atoms with E-state index in [0.717, 1.165) is 42.8 Å². The second-order valence-corrected chi connectivity index (χ2v) is 5.46. The van der Waals surface area contributed by atoms with Gasteiger partial charge in [-0.15, -0.1) is 0 Å². The molecule has 6 nitrogen and oxygen atoms in total. The maximum atomic E-state index is 6.08. The van der Waals surface area contributed by atoms with E-state index in [1.54, 1.807) is 0 Å². The van der Waals surface area contributed by atoms with Crippen LogP contribution in [0.4, 0.5) is 5.95 Å². The number of imidazole rings is 1. The van der Waals surface area contributed by atoms with Crippen molar-refractivity contribution in [2.75, 3.05) is 19.3 Å². The van der Waals surface area contributed by atoms with E-state index in [4.69, 9.17) is 5.73 Å². The van der Waals surface area contributed by atoms with Crippen LogP contribution in [0, 0.1) is 0 Å². The lowest BCUT2D eigenvalue weighted by Gasteiger charge is -2.23. The zero-order valence-electron chi connectivity index (χ0n) is 13.2. The molecule has 0 aliphatic rings. The molecule has 2 N–H and O–H groups in total. The molecule has 1 unspecified atom stereocenters. The maximum absolute atomic E-state index is 6.08. The van der Waals surface area contributed by atoms with Crippen molar-refractivity contribution < 1.29 is 0 Å². The van der Waals surface area contributed by atoms with Crippen LogP contribution in [-0.4, -0.2) is 43.9 Å². The van der Waals surface area contributed by atoms with E-state index in [-0.39, 0.29) is 0 Å². The Morgan fingerprint density at radius 1 is 1.35 bits per heavy atom. The van der Waals surface area contributed by atoms with Gasteiger partial charge in [-0.25, -0.2) is 4.98 Å². The molecule has 0 radical (unpaired) electrons. The summed E-state index contributed by atoms with van der Waals surface area (Å²) in [5.74, 6) is 0.584. The number of nitrogens with two attached hydrogens (primary N) is 1. The summed E-state index contributed by atoms with van der Waals surface area (Å²) >= 11 is 0. The zero-order chi connectivity index (χ0) is 14.9. The molecule has 20 heavy (non-hydrogen) atoms. The fraction of sp³-hybridized carbons (Fsp3) is 0.714. The van der Waals surface area contributed by atoms with Crippen LogP contribution in [0.15, 0.2) is 0 Å². The quantitative estimate of drug-likeness (QED) is 0.872. The molecule has 112 valence electrons. The van der Waals surface area contributed by atoms with Crippen LogP contribution in [-0.2, 0) is 20.0 Å². The smallest absolute Gasteiger partial charge is 0.202 e. The molecular formula is C14H26N6. The molecule has 0 saturated heterocycles. The maximum Gasteiger partial charge on any atom is 0.202 e. The standard InChI is InChI=1S/C14H26N6/c1-6-10(3)18(4)8-9-20-13-12(16-14(20)15)11(7-2)17-19(13)5/h10H,6-9H2,1-5H3,(H2,15,16). The highest BCUT2D eigenvalue weighted by molar-refractivity contribution is 5.77. The highest BCUT2D eigenvalue weighted by Crippen LogP contribution is 2.21. The van der Waals surface area contributed by atoms with Gasteiger partial charge in [-0.05, 0) is 26.8 Å². The van der Waals surface area contributed by atoms with Crippen molar-refractivity contribution in [2.45, 2.75) is 46.2 Å². The van der Waals surface area contributed by atoms with Crippen molar-refractivity contribution in [1.82, 2.24) is 24.2 Å². The van der Waals surface area contributed by atoms with Gasteiger partial charge in [-0.1, -0.05) is 13.8 Å². The Morgan fingerprint density at radius 3 is 2.65 bits per heavy atom. The number of fused-ring (bicyclic) bond motifs is 1. The van der Waals surface area contributed by atoms with E-state index in [9.17, 15) is 0 Å². The Kier molecular flexibility index (Phi) is 4.32. The Morgan fingerprint density at radius 2 is 2.05 bits per heavy atom. The highest BCUT2D eigenvalue weighted by Gasteiger charge is 2.17. The lowest BCUT2D eigenvalue weighted by Crippen LogP contribution is -2.31. The van der Waals surface area contributed by atoms with E-state index in [1.165, 1.54) is 0 Å². The van der Waals surface area contributed by atoms with Crippen LogP contribution in [0.3, 0.4) is 0 Å². The Balaban J connectivity index is 2.26. The summed E-state index contributed by atoms with van der Waals surface area (Å²) in [7, 11) is 4.11. The number of hydrogen-bond donors (Lipinski definition) is 1. The second kappa shape index (κ2) is 5.83. The topological polar surface area (TPSA) is 64.9 Å². The van der Waals surface area contributed by atoms with Gasteiger partial charge in [0.25, 0.3) is 0 Å². The molecule has 2 heterocycles. The van der Waals surface area contributed by atoms with Gasteiger partial charge in [-0.2, -0.15) is 5.10 Å². The average molecular weight is 278 g/mol.